The number of amides is 2. The van der Waals surface area contributed by atoms with Crippen LogP contribution in [-0.2, 0) is 9.59 Å². The smallest absolute Gasteiger partial charge is 0.283 e. The van der Waals surface area contributed by atoms with Crippen molar-refractivity contribution in [2.24, 2.45) is 0 Å². The summed E-state index contributed by atoms with van der Waals surface area (Å²) < 4.78 is 0. The second-order valence-electron chi connectivity index (χ2n) is 6.13. The summed E-state index contributed by atoms with van der Waals surface area (Å²) in [5.74, 6) is -2.62. The Morgan fingerprint density at radius 1 is 0.929 bits per heavy atom. The Hall–Kier alpha value is -3.64. The molecule has 0 aliphatic carbocycles. The lowest BCUT2D eigenvalue weighted by atomic mass is 10.1. The quantitative estimate of drug-likeness (QED) is 0.690. The van der Waals surface area contributed by atoms with Crippen LogP contribution in [0.3, 0.4) is 0 Å². The van der Waals surface area contributed by atoms with Crippen molar-refractivity contribution >= 4 is 51.5 Å². The fraction of sp³-hybridized carbons (Fsp3) is 0. The number of rotatable bonds is 4. The Kier molecular flexibility index (Phi) is 4.33. The van der Waals surface area contributed by atoms with E-state index in [9.17, 15) is 19.5 Å². The summed E-state index contributed by atoms with van der Waals surface area (Å²) in [6.45, 7) is 0. The molecule has 4 rings (SSSR count). The van der Waals surface area contributed by atoms with Crippen molar-refractivity contribution in [3.63, 3.8) is 0 Å². The largest absolute Gasteiger partial charge is 0.545 e. The van der Waals surface area contributed by atoms with Crippen molar-refractivity contribution < 1.29 is 19.5 Å². The Balaban J connectivity index is 1.72. The van der Waals surface area contributed by atoms with Crippen LogP contribution in [0.1, 0.15) is 10.4 Å². The van der Waals surface area contributed by atoms with Gasteiger partial charge in [-0.3, -0.25) is 9.59 Å². The molecule has 0 spiro atoms. The van der Waals surface area contributed by atoms with Crippen molar-refractivity contribution in [2.45, 2.75) is 0 Å². The first-order chi connectivity index (χ1) is 13.5. The molecule has 3 aromatic carbocycles. The highest BCUT2D eigenvalue weighted by Crippen LogP contribution is 2.34. The summed E-state index contributed by atoms with van der Waals surface area (Å²) >= 11 is 6.15. The Morgan fingerprint density at radius 2 is 1.64 bits per heavy atom. The maximum Gasteiger partial charge on any atom is 0.283 e. The van der Waals surface area contributed by atoms with Crippen LogP contribution in [0.2, 0.25) is 0 Å². The van der Waals surface area contributed by atoms with Crippen molar-refractivity contribution in [2.75, 3.05) is 10.2 Å². The first-order valence-corrected chi connectivity index (χ1v) is 8.70. The molecule has 6 nitrogen and oxygen atoms in total. The average Bonchev–Trinajstić information content (AvgIpc) is 2.91. The molecule has 1 heterocycles. The SMILES string of the molecule is O=C([O-])c1cccc(NC2=C(Cl)C(=O)N(c3cccc4ccccc34)C2=O)c1. The zero-order valence-corrected chi connectivity index (χ0v) is 15.1. The van der Waals surface area contributed by atoms with E-state index in [1.165, 1.54) is 18.2 Å². The number of carbonyl (C=O) groups is 3. The topological polar surface area (TPSA) is 89.5 Å². The summed E-state index contributed by atoms with van der Waals surface area (Å²) in [5, 5.41) is 15.1. The summed E-state index contributed by atoms with van der Waals surface area (Å²) in [7, 11) is 0. The van der Waals surface area contributed by atoms with Crippen molar-refractivity contribution in [1.29, 1.82) is 0 Å². The lowest BCUT2D eigenvalue weighted by Gasteiger charge is -2.17. The Morgan fingerprint density at radius 3 is 2.43 bits per heavy atom. The van der Waals surface area contributed by atoms with Crippen LogP contribution in [-0.4, -0.2) is 17.8 Å². The van der Waals surface area contributed by atoms with E-state index in [0.717, 1.165) is 15.7 Å². The average molecular weight is 392 g/mol. The molecular weight excluding hydrogens is 380 g/mol. The van der Waals surface area contributed by atoms with E-state index >= 15 is 0 Å². The van der Waals surface area contributed by atoms with Gasteiger partial charge in [0.05, 0.1) is 11.7 Å². The number of nitrogens with zero attached hydrogens (tertiary/aromatic N) is 1. The first kappa shape index (κ1) is 17.8. The van der Waals surface area contributed by atoms with Crippen molar-refractivity contribution in [3.8, 4) is 0 Å². The molecule has 7 heteroatoms. The van der Waals surface area contributed by atoms with Gasteiger partial charge in [0.2, 0.25) is 0 Å². The summed E-state index contributed by atoms with van der Waals surface area (Å²) in [4.78, 5) is 37.7. The van der Waals surface area contributed by atoms with Crippen LogP contribution in [0.15, 0.2) is 77.5 Å². The van der Waals surface area contributed by atoms with E-state index in [4.69, 9.17) is 11.6 Å². The monoisotopic (exact) mass is 391 g/mol. The number of fused-ring (bicyclic) bond motifs is 1. The van der Waals surface area contributed by atoms with Gasteiger partial charge in [0.15, 0.2) is 0 Å². The maximum atomic E-state index is 13.0. The number of hydrogen-bond acceptors (Lipinski definition) is 5. The number of carboxylic acid groups (broad SMARTS) is 1. The van der Waals surface area contributed by atoms with Gasteiger partial charge in [0, 0.05) is 11.1 Å². The minimum Gasteiger partial charge on any atom is -0.545 e. The van der Waals surface area contributed by atoms with Crippen LogP contribution < -0.4 is 15.3 Å². The standard InChI is InChI=1S/C21H13ClN2O4/c22-17-18(23-14-8-3-7-13(11-14)21(27)28)20(26)24(19(17)25)16-10-4-6-12-5-1-2-9-15(12)16/h1-11,23H,(H,27,28)/p-1. The second-order valence-corrected chi connectivity index (χ2v) is 6.50. The lowest BCUT2D eigenvalue weighted by molar-refractivity contribution is -0.255. The van der Waals surface area contributed by atoms with E-state index in [-0.39, 0.29) is 16.3 Å². The minimum absolute atomic E-state index is 0.0654. The molecule has 0 bridgehead atoms. The maximum absolute atomic E-state index is 13.0. The molecular formula is C21H12ClN2O4-. The van der Waals surface area contributed by atoms with Gasteiger partial charge in [-0.15, -0.1) is 0 Å². The van der Waals surface area contributed by atoms with Crippen LogP contribution in [0, 0.1) is 0 Å². The number of imide groups is 1. The molecule has 0 fully saturated rings. The molecule has 1 aliphatic heterocycles. The highest BCUT2D eigenvalue weighted by Gasteiger charge is 2.39. The molecule has 0 aromatic heterocycles. The van der Waals surface area contributed by atoms with E-state index in [1.54, 1.807) is 18.2 Å². The van der Waals surface area contributed by atoms with Gasteiger partial charge < -0.3 is 15.2 Å². The third kappa shape index (κ3) is 2.90. The van der Waals surface area contributed by atoms with Gasteiger partial charge in [-0.25, -0.2) is 4.90 Å². The van der Waals surface area contributed by atoms with Crippen molar-refractivity contribution in [3.05, 3.63) is 83.0 Å². The number of hydrogen-bond donors (Lipinski definition) is 1. The van der Waals surface area contributed by atoms with Gasteiger partial charge in [-0.1, -0.05) is 60.1 Å². The van der Waals surface area contributed by atoms with E-state index in [2.05, 4.69) is 5.32 Å². The molecule has 1 N–H and O–H groups in total. The highest BCUT2D eigenvalue weighted by molar-refractivity contribution is 6.53. The van der Waals surface area contributed by atoms with Crippen molar-refractivity contribution in [1.82, 2.24) is 0 Å². The zero-order valence-electron chi connectivity index (χ0n) is 14.3. The predicted octanol–water partition coefficient (Wildman–Crippen LogP) is 2.64. The molecule has 1 aliphatic rings. The first-order valence-electron chi connectivity index (χ1n) is 8.32. The molecule has 2 amide bonds. The normalized spacial score (nSPS) is 14.1. The van der Waals surface area contributed by atoms with Gasteiger partial charge in [-0.2, -0.15) is 0 Å². The second kappa shape index (κ2) is 6.83. The molecule has 0 radical (unpaired) electrons. The lowest BCUT2D eigenvalue weighted by Crippen LogP contribution is -2.32. The number of carbonyl (C=O) groups excluding carboxylic acids is 3. The summed E-state index contributed by atoms with van der Waals surface area (Å²) in [5.41, 5.74) is 0.543. The number of carboxylic acids is 1. The molecule has 138 valence electrons. The number of halogens is 1. The number of nitrogens with one attached hydrogen (secondary N) is 1. The third-order valence-electron chi connectivity index (χ3n) is 4.40. The number of aromatic carboxylic acids is 1. The minimum atomic E-state index is -1.35. The molecule has 3 aromatic rings. The Bertz CT molecular complexity index is 1180. The fourth-order valence-electron chi connectivity index (χ4n) is 3.10. The van der Waals surface area contributed by atoms with Gasteiger partial charge in [0.25, 0.3) is 11.8 Å². The zero-order chi connectivity index (χ0) is 19.8. The van der Waals surface area contributed by atoms with Crippen LogP contribution >= 0.6 is 11.6 Å². The van der Waals surface area contributed by atoms with Gasteiger partial charge >= 0.3 is 0 Å². The third-order valence-corrected chi connectivity index (χ3v) is 4.75. The fourth-order valence-corrected chi connectivity index (χ4v) is 3.31. The summed E-state index contributed by atoms with van der Waals surface area (Å²) in [6.07, 6.45) is 0. The molecule has 28 heavy (non-hydrogen) atoms. The Labute approximate surface area is 164 Å². The molecule has 0 unspecified atom stereocenters. The predicted molar refractivity (Wildman–Crippen MR) is 104 cm³/mol. The van der Waals surface area contributed by atoms with Gasteiger partial charge in [-0.05, 0) is 29.1 Å². The van der Waals surface area contributed by atoms with E-state index in [1.807, 2.05) is 30.3 Å². The van der Waals surface area contributed by atoms with Gasteiger partial charge in [0.1, 0.15) is 10.7 Å². The molecule has 0 atom stereocenters. The number of anilines is 2. The van der Waals surface area contributed by atoms with E-state index in [0.29, 0.717) is 11.4 Å². The van der Waals surface area contributed by atoms with Crippen LogP contribution in [0.25, 0.3) is 10.8 Å². The number of benzene rings is 3. The van der Waals surface area contributed by atoms with Crippen LogP contribution in [0.4, 0.5) is 11.4 Å². The highest BCUT2D eigenvalue weighted by atomic mass is 35.5. The molecule has 0 saturated heterocycles. The summed E-state index contributed by atoms with van der Waals surface area (Å²) in [6, 6.07) is 18.4. The van der Waals surface area contributed by atoms with E-state index < -0.39 is 17.8 Å². The molecule has 0 saturated carbocycles. The van der Waals surface area contributed by atoms with Crippen LogP contribution in [0.5, 0.6) is 0 Å².